The molecular formula is C25H39N5OS. The van der Waals surface area contributed by atoms with Gasteiger partial charge < -0.3 is 10.6 Å². The molecule has 3 fully saturated rings. The van der Waals surface area contributed by atoms with Crippen molar-refractivity contribution in [2.24, 2.45) is 0 Å². The highest BCUT2D eigenvalue weighted by Crippen LogP contribution is 2.35. The molecule has 32 heavy (non-hydrogen) atoms. The van der Waals surface area contributed by atoms with Crippen LogP contribution in [-0.2, 0) is 0 Å². The fourth-order valence-corrected chi connectivity index (χ4v) is 7.25. The summed E-state index contributed by atoms with van der Waals surface area (Å²) in [5.41, 5.74) is 1.06. The van der Waals surface area contributed by atoms with Crippen molar-refractivity contribution in [2.45, 2.75) is 102 Å². The van der Waals surface area contributed by atoms with Crippen molar-refractivity contribution in [2.75, 3.05) is 19.6 Å². The number of carbonyl (C=O) groups excluding carboxylic acids is 1. The number of amides is 1. The lowest BCUT2D eigenvalue weighted by Gasteiger charge is -2.38. The maximum Gasteiger partial charge on any atom is 0.261 e. The molecule has 2 saturated carbocycles. The number of aromatic nitrogens is 2. The number of nitrogens with zero attached hydrogens (tertiary/aromatic N) is 3. The van der Waals surface area contributed by atoms with Crippen molar-refractivity contribution in [3.63, 3.8) is 0 Å². The Morgan fingerprint density at radius 3 is 2.78 bits per heavy atom. The van der Waals surface area contributed by atoms with E-state index >= 15 is 0 Å². The van der Waals surface area contributed by atoms with Gasteiger partial charge in [-0.3, -0.25) is 14.4 Å². The van der Waals surface area contributed by atoms with Crippen LogP contribution < -0.4 is 10.6 Å². The van der Waals surface area contributed by atoms with E-state index in [4.69, 9.17) is 5.10 Å². The SMILES string of the molecule is Cc1nn(C2CCCCC2)c2sc(C(=O)NC3CCCC(N4CCCNC(C)C4)C3)cc12. The zero-order valence-electron chi connectivity index (χ0n) is 19.7. The van der Waals surface area contributed by atoms with Crippen molar-refractivity contribution in [1.29, 1.82) is 0 Å². The Hall–Kier alpha value is -1.44. The van der Waals surface area contributed by atoms with E-state index in [1.54, 1.807) is 11.3 Å². The predicted molar refractivity (Wildman–Crippen MR) is 132 cm³/mol. The van der Waals surface area contributed by atoms with Gasteiger partial charge in [0.15, 0.2) is 0 Å². The van der Waals surface area contributed by atoms with Gasteiger partial charge in [0.25, 0.3) is 5.91 Å². The summed E-state index contributed by atoms with van der Waals surface area (Å²) >= 11 is 1.64. The van der Waals surface area contributed by atoms with Crippen molar-refractivity contribution < 1.29 is 4.79 Å². The highest BCUT2D eigenvalue weighted by molar-refractivity contribution is 7.20. The molecule has 3 atom stereocenters. The van der Waals surface area contributed by atoms with Crippen LogP contribution in [0.4, 0.5) is 0 Å². The molecule has 0 aromatic carbocycles. The molecule has 3 aliphatic rings. The number of hydrogen-bond acceptors (Lipinski definition) is 5. The first-order valence-electron chi connectivity index (χ1n) is 12.9. The third kappa shape index (κ3) is 4.75. The molecule has 2 aromatic heterocycles. The van der Waals surface area contributed by atoms with Crippen molar-refractivity contribution in [1.82, 2.24) is 25.3 Å². The molecule has 0 radical (unpaired) electrons. The van der Waals surface area contributed by atoms with Gasteiger partial charge in [0.2, 0.25) is 0 Å². The van der Waals surface area contributed by atoms with E-state index in [0.717, 1.165) is 36.5 Å². The number of hydrogen-bond donors (Lipinski definition) is 2. The van der Waals surface area contributed by atoms with Gasteiger partial charge in [0, 0.05) is 30.1 Å². The molecule has 3 heterocycles. The fraction of sp³-hybridized carbons (Fsp3) is 0.760. The quantitative estimate of drug-likeness (QED) is 0.702. The number of carbonyl (C=O) groups is 1. The zero-order chi connectivity index (χ0) is 22.1. The minimum atomic E-state index is 0.109. The monoisotopic (exact) mass is 457 g/mol. The van der Waals surface area contributed by atoms with E-state index < -0.39 is 0 Å². The van der Waals surface area contributed by atoms with Gasteiger partial charge >= 0.3 is 0 Å². The van der Waals surface area contributed by atoms with Gasteiger partial charge in [0.1, 0.15) is 4.83 Å². The smallest absolute Gasteiger partial charge is 0.261 e. The Kier molecular flexibility index (Phi) is 6.86. The lowest BCUT2D eigenvalue weighted by molar-refractivity contribution is 0.0895. The Morgan fingerprint density at radius 1 is 1.12 bits per heavy atom. The topological polar surface area (TPSA) is 62.2 Å². The summed E-state index contributed by atoms with van der Waals surface area (Å²) in [6.45, 7) is 7.79. The first kappa shape index (κ1) is 22.4. The van der Waals surface area contributed by atoms with Crippen LogP contribution in [0.1, 0.15) is 92.5 Å². The molecular weight excluding hydrogens is 418 g/mol. The second-order valence-electron chi connectivity index (χ2n) is 10.3. The fourth-order valence-electron chi connectivity index (χ4n) is 6.11. The van der Waals surface area contributed by atoms with E-state index in [1.165, 1.54) is 68.1 Å². The van der Waals surface area contributed by atoms with Crippen LogP contribution in [0.25, 0.3) is 10.2 Å². The van der Waals surface area contributed by atoms with Crippen LogP contribution in [0.2, 0.25) is 0 Å². The summed E-state index contributed by atoms with van der Waals surface area (Å²) in [4.78, 5) is 17.9. The van der Waals surface area contributed by atoms with Crippen molar-refractivity contribution in [3.8, 4) is 0 Å². The Balaban J connectivity index is 1.26. The average molecular weight is 458 g/mol. The second-order valence-corrected chi connectivity index (χ2v) is 11.4. The number of thiophene rings is 1. The molecule has 3 unspecified atom stereocenters. The van der Waals surface area contributed by atoms with Gasteiger partial charge in [-0.2, -0.15) is 5.10 Å². The molecule has 2 aliphatic carbocycles. The third-order valence-electron chi connectivity index (χ3n) is 7.83. The molecule has 0 bridgehead atoms. The molecule has 6 nitrogen and oxygen atoms in total. The van der Waals surface area contributed by atoms with Crippen LogP contribution in [-0.4, -0.2) is 58.3 Å². The first-order chi connectivity index (χ1) is 15.6. The zero-order valence-corrected chi connectivity index (χ0v) is 20.6. The average Bonchev–Trinajstić information content (AvgIpc) is 3.29. The molecule has 1 aliphatic heterocycles. The summed E-state index contributed by atoms with van der Waals surface area (Å²) in [7, 11) is 0. The molecule has 5 rings (SSSR count). The molecule has 2 N–H and O–H groups in total. The Morgan fingerprint density at radius 2 is 1.94 bits per heavy atom. The first-order valence-corrected chi connectivity index (χ1v) is 13.7. The van der Waals surface area contributed by atoms with E-state index in [2.05, 4.69) is 40.1 Å². The molecule has 0 spiro atoms. The molecule has 1 amide bonds. The van der Waals surface area contributed by atoms with Crippen LogP contribution in [0.3, 0.4) is 0 Å². The number of rotatable bonds is 4. The third-order valence-corrected chi connectivity index (χ3v) is 8.96. The van der Waals surface area contributed by atoms with Crippen molar-refractivity contribution >= 4 is 27.5 Å². The Labute approximate surface area is 196 Å². The van der Waals surface area contributed by atoms with Gasteiger partial charge in [-0.1, -0.05) is 19.3 Å². The van der Waals surface area contributed by atoms with Crippen LogP contribution in [0.15, 0.2) is 6.07 Å². The van der Waals surface area contributed by atoms with Crippen LogP contribution >= 0.6 is 11.3 Å². The summed E-state index contributed by atoms with van der Waals surface area (Å²) in [5, 5.41) is 13.0. The maximum atomic E-state index is 13.2. The summed E-state index contributed by atoms with van der Waals surface area (Å²) in [6.07, 6.45) is 12.2. The number of aryl methyl sites for hydroxylation is 1. The van der Waals surface area contributed by atoms with E-state index in [1.807, 2.05) is 0 Å². The van der Waals surface area contributed by atoms with Gasteiger partial charge in [-0.15, -0.1) is 11.3 Å². The maximum absolute atomic E-state index is 13.2. The molecule has 1 saturated heterocycles. The molecule has 176 valence electrons. The van der Waals surface area contributed by atoms with Crippen LogP contribution in [0, 0.1) is 6.92 Å². The lowest BCUT2D eigenvalue weighted by atomic mass is 9.89. The van der Waals surface area contributed by atoms with E-state index in [-0.39, 0.29) is 11.9 Å². The normalized spacial score (nSPS) is 28.6. The largest absolute Gasteiger partial charge is 0.349 e. The second kappa shape index (κ2) is 9.82. The highest BCUT2D eigenvalue weighted by Gasteiger charge is 2.30. The summed E-state index contributed by atoms with van der Waals surface area (Å²) in [5.74, 6) is 0.109. The highest BCUT2D eigenvalue weighted by atomic mass is 32.1. The summed E-state index contributed by atoms with van der Waals surface area (Å²) < 4.78 is 2.23. The number of fused-ring (bicyclic) bond motifs is 1. The predicted octanol–water partition coefficient (Wildman–Crippen LogP) is 4.64. The molecule has 2 aromatic rings. The lowest BCUT2D eigenvalue weighted by Crippen LogP contribution is -2.48. The minimum Gasteiger partial charge on any atom is -0.349 e. The number of nitrogens with one attached hydrogen (secondary N) is 2. The van der Waals surface area contributed by atoms with Gasteiger partial charge in [-0.05, 0) is 77.9 Å². The van der Waals surface area contributed by atoms with E-state index in [0.29, 0.717) is 18.1 Å². The van der Waals surface area contributed by atoms with Crippen LogP contribution in [0.5, 0.6) is 0 Å². The van der Waals surface area contributed by atoms with E-state index in [9.17, 15) is 4.79 Å². The van der Waals surface area contributed by atoms with Gasteiger partial charge in [0.05, 0.1) is 16.6 Å². The van der Waals surface area contributed by atoms with Crippen molar-refractivity contribution in [3.05, 3.63) is 16.6 Å². The molecule has 7 heteroatoms. The Bertz CT molecular complexity index is 930. The minimum absolute atomic E-state index is 0.109. The van der Waals surface area contributed by atoms with Gasteiger partial charge in [-0.25, -0.2) is 0 Å². The summed E-state index contributed by atoms with van der Waals surface area (Å²) in [6, 6.07) is 4.02. The standard InChI is InChI=1S/C25H39N5OS/c1-17-16-29(13-7-12-26-17)21-11-6-8-19(14-21)27-24(31)23-15-22-18(2)28-30(25(22)32-23)20-9-4-3-5-10-20/h15,17,19-21,26H,3-14,16H2,1-2H3,(H,27,31).